The molecular formula is C25H18N2O4S2. The molecule has 1 aliphatic rings. The van der Waals surface area contributed by atoms with Crippen LogP contribution < -0.4 is 14.8 Å². The number of carbonyl (C=O) groups is 1. The van der Waals surface area contributed by atoms with Gasteiger partial charge in [0.1, 0.15) is 10.0 Å². The lowest BCUT2D eigenvalue weighted by molar-refractivity contribution is 0.0997. The number of rotatable bonds is 5. The molecule has 164 valence electrons. The molecule has 6 nitrogen and oxygen atoms in total. The van der Waals surface area contributed by atoms with Crippen LogP contribution in [-0.4, -0.2) is 17.7 Å². The highest BCUT2D eigenvalue weighted by Crippen LogP contribution is 2.44. The number of aromatic nitrogens is 1. The van der Waals surface area contributed by atoms with Gasteiger partial charge in [-0.25, -0.2) is 4.98 Å². The van der Waals surface area contributed by atoms with Gasteiger partial charge >= 0.3 is 0 Å². The van der Waals surface area contributed by atoms with Gasteiger partial charge in [-0.1, -0.05) is 18.2 Å². The molecule has 0 fully saturated rings. The maximum absolute atomic E-state index is 12.8. The predicted octanol–water partition coefficient (Wildman–Crippen LogP) is 6.50. The van der Waals surface area contributed by atoms with E-state index in [1.807, 2.05) is 36.4 Å². The van der Waals surface area contributed by atoms with Gasteiger partial charge in [0.15, 0.2) is 17.3 Å². The Morgan fingerprint density at radius 2 is 1.94 bits per heavy atom. The molecule has 33 heavy (non-hydrogen) atoms. The fraction of sp³-hybridized carbons (Fsp3) is 0.120. The molecule has 0 spiro atoms. The maximum atomic E-state index is 12.8. The number of carbonyl (C=O) groups excluding carboxylic acids is 1. The molecule has 1 aliphatic heterocycles. The van der Waals surface area contributed by atoms with E-state index >= 15 is 0 Å². The van der Waals surface area contributed by atoms with Crippen molar-refractivity contribution in [2.45, 2.75) is 13.3 Å². The smallest absolute Gasteiger partial charge is 0.291 e. The Morgan fingerprint density at radius 3 is 2.79 bits per heavy atom. The summed E-state index contributed by atoms with van der Waals surface area (Å²) in [5, 5.41) is 4.71. The van der Waals surface area contributed by atoms with E-state index in [4.69, 9.17) is 18.9 Å². The summed E-state index contributed by atoms with van der Waals surface area (Å²) in [4.78, 5) is 18.8. The highest BCUT2D eigenvalue weighted by Gasteiger charge is 2.23. The zero-order chi connectivity index (χ0) is 22.4. The number of nitrogens with one attached hydrogen (secondary N) is 1. The molecule has 3 aromatic heterocycles. The van der Waals surface area contributed by atoms with E-state index in [-0.39, 0.29) is 18.5 Å². The van der Waals surface area contributed by atoms with Crippen LogP contribution in [0.1, 0.15) is 26.6 Å². The summed E-state index contributed by atoms with van der Waals surface area (Å²) in [5.41, 5.74) is 4.12. The molecule has 0 atom stereocenters. The fourth-order valence-electron chi connectivity index (χ4n) is 3.86. The number of ether oxygens (including phenoxy) is 2. The molecule has 1 N–H and O–H groups in total. The van der Waals surface area contributed by atoms with E-state index in [9.17, 15) is 4.79 Å². The van der Waals surface area contributed by atoms with Crippen molar-refractivity contribution in [2.24, 2.45) is 0 Å². The zero-order valence-electron chi connectivity index (χ0n) is 17.6. The van der Waals surface area contributed by atoms with Crippen molar-refractivity contribution in [2.75, 3.05) is 12.1 Å². The molecule has 6 rings (SSSR count). The number of hydrogen-bond acceptors (Lipinski definition) is 7. The molecule has 0 radical (unpaired) electrons. The fourth-order valence-corrected chi connectivity index (χ4v) is 6.24. The number of hydrogen-bond donors (Lipinski definition) is 1. The van der Waals surface area contributed by atoms with Gasteiger partial charge in [0, 0.05) is 16.9 Å². The van der Waals surface area contributed by atoms with Gasteiger partial charge in [0.25, 0.3) is 5.91 Å². The third kappa shape index (κ3) is 3.67. The highest BCUT2D eigenvalue weighted by atomic mass is 32.1. The number of thiazole rings is 1. The summed E-state index contributed by atoms with van der Waals surface area (Å²) in [6.45, 7) is 2.34. The van der Waals surface area contributed by atoms with Crippen LogP contribution in [-0.2, 0) is 6.42 Å². The molecule has 0 unspecified atom stereocenters. The molecule has 0 saturated carbocycles. The molecular weight excluding hydrogens is 456 g/mol. The summed E-state index contributed by atoms with van der Waals surface area (Å²) in [6.07, 6.45) is 2.20. The normalized spacial score (nSPS) is 12.4. The van der Waals surface area contributed by atoms with E-state index in [2.05, 4.69) is 18.3 Å². The third-order valence-electron chi connectivity index (χ3n) is 5.53. The van der Waals surface area contributed by atoms with Crippen molar-refractivity contribution in [3.8, 4) is 22.1 Å². The SMILES string of the molecule is Cc1c(Cc2ccc3c(c2)OCO3)sc(NC(=O)c2ccco2)c1-c1nc2ccccc2s1. The highest BCUT2D eigenvalue weighted by molar-refractivity contribution is 7.22. The van der Waals surface area contributed by atoms with Gasteiger partial charge in [-0.3, -0.25) is 4.79 Å². The van der Waals surface area contributed by atoms with Crippen LogP contribution in [0.4, 0.5) is 5.00 Å². The summed E-state index contributed by atoms with van der Waals surface area (Å²) in [6, 6.07) is 17.4. The Morgan fingerprint density at radius 1 is 1.06 bits per heavy atom. The Labute approximate surface area is 197 Å². The van der Waals surface area contributed by atoms with Crippen molar-refractivity contribution in [1.29, 1.82) is 0 Å². The van der Waals surface area contributed by atoms with Gasteiger partial charge in [-0.2, -0.15) is 0 Å². The average Bonchev–Trinajstić information content (AvgIpc) is 3.61. The summed E-state index contributed by atoms with van der Waals surface area (Å²) in [7, 11) is 0. The minimum atomic E-state index is -0.279. The minimum absolute atomic E-state index is 0.252. The second-order valence-electron chi connectivity index (χ2n) is 7.64. The molecule has 4 heterocycles. The monoisotopic (exact) mass is 474 g/mol. The van der Waals surface area contributed by atoms with Crippen LogP contribution in [0.15, 0.2) is 65.3 Å². The minimum Gasteiger partial charge on any atom is -0.459 e. The number of anilines is 1. The number of thiophene rings is 1. The van der Waals surface area contributed by atoms with Crippen LogP contribution in [0.5, 0.6) is 11.5 Å². The Balaban J connectivity index is 1.42. The van der Waals surface area contributed by atoms with E-state index in [1.54, 1.807) is 34.8 Å². The van der Waals surface area contributed by atoms with Gasteiger partial charge in [0.05, 0.1) is 16.5 Å². The third-order valence-corrected chi connectivity index (χ3v) is 7.79. The quantitative estimate of drug-likeness (QED) is 0.315. The van der Waals surface area contributed by atoms with Crippen molar-refractivity contribution >= 4 is 43.8 Å². The van der Waals surface area contributed by atoms with Crippen molar-refractivity contribution < 1.29 is 18.7 Å². The Hall–Kier alpha value is -3.62. The van der Waals surface area contributed by atoms with Crippen molar-refractivity contribution in [3.63, 3.8) is 0 Å². The summed E-state index contributed by atoms with van der Waals surface area (Å²) >= 11 is 3.19. The molecule has 1 amide bonds. The molecule has 0 aliphatic carbocycles. The van der Waals surface area contributed by atoms with Crippen molar-refractivity contribution in [1.82, 2.24) is 4.98 Å². The number of para-hydroxylation sites is 1. The topological polar surface area (TPSA) is 73.6 Å². The first-order chi connectivity index (χ1) is 16.2. The largest absolute Gasteiger partial charge is 0.459 e. The Kier molecular flexibility index (Phi) is 4.89. The summed E-state index contributed by atoms with van der Waals surface area (Å²) in [5.74, 6) is 1.52. The lowest BCUT2D eigenvalue weighted by Crippen LogP contribution is -2.10. The second kappa shape index (κ2) is 8.06. The predicted molar refractivity (Wildman–Crippen MR) is 130 cm³/mol. The van der Waals surface area contributed by atoms with Gasteiger partial charge in [-0.05, 0) is 54.4 Å². The van der Waals surface area contributed by atoms with Gasteiger partial charge < -0.3 is 19.2 Å². The van der Waals surface area contributed by atoms with Gasteiger partial charge in [0.2, 0.25) is 6.79 Å². The second-order valence-corrected chi connectivity index (χ2v) is 9.77. The Bertz CT molecular complexity index is 1450. The van der Waals surface area contributed by atoms with Crippen LogP contribution in [0, 0.1) is 6.92 Å². The van der Waals surface area contributed by atoms with Gasteiger partial charge in [-0.15, -0.1) is 22.7 Å². The molecule has 5 aromatic rings. The van der Waals surface area contributed by atoms with Crippen molar-refractivity contribution in [3.05, 3.63) is 82.6 Å². The molecule has 8 heteroatoms. The van der Waals surface area contributed by atoms with E-state index < -0.39 is 0 Å². The van der Waals surface area contributed by atoms with Crippen LogP contribution in [0.3, 0.4) is 0 Å². The number of amides is 1. The number of fused-ring (bicyclic) bond motifs is 2. The average molecular weight is 475 g/mol. The number of benzene rings is 2. The first-order valence-corrected chi connectivity index (χ1v) is 12.0. The lowest BCUT2D eigenvalue weighted by Gasteiger charge is -2.04. The maximum Gasteiger partial charge on any atom is 0.291 e. The summed E-state index contributed by atoms with van der Waals surface area (Å²) < 4.78 is 17.4. The number of nitrogens with zero attached hydrogens (tertiary/aromatic N) is 1. The molecule has 0 bridgehead atoms. The van der Waals surface area contributed by atoms with E-state index in [0.717, 1.165) is 53.3 Å². The molecule has 0 saturated heterocycles. The van der Waals surface area contributed by atoms with Crippen LogP contribution >= 0.6 is 22.7 Å². The van der Waals surface area contributed by atoms with E-state index in [0.29, 0.717) is 6.42 Å². The van der Waals surface area contributed by atoms with Crippen LogP contribution in [0.25, 0.3) is 20.8 Å². The molecule has 2 aromatic carbocycles. The lowest BCUT2D eigenvalue weighted by atomic mass is 10.1. The van der Waals surface area contributed by atoms with Crippen LogP contribution in [0.2, 0.25) is 0 Å². The number of furan rings is 1. The van der Waals surface area contributed by atoms with E-state index in [1.165, 1.54) is 6.26 Å². The first-order valence-electron chi connectivity index (χ1n) is 10.4. The first kappa shape index (κ1) is 20.0. The zero-order valence-corrected chi connectivity index (χ0v) is 19.2. The standard InChI is InChI=1S/C25H18N2O4S2/c1-14-21(12-15-8-9-17-19(11-15)31-13-30-17)33-25(27-23(28)18-6-4-10-29-18)22(14)24-26-16-5-2-3-7-20(16)32-24/h2-11H,12-13H2,1H3,(H,27,28).